The van der Waals surface area contributed by atoms with Gasteiger partial charge in [0.05, 0.1) is 17.6 Å². The van der Waals surface area contributed by atoms with Gasteiger partial charge < -0.3 is 4.90 Å². The Balaban J connectivity index is 1.85. The summed E-state index contributed by atoms with van der Waals surface area (Å²) in [4.78, 5) is 2.24. The van der Waals surface area contributed by atoms with E-state index in [2.05, 4.69) is 24.9 Å². The van der Waals surface area contributed by atoms with E-state index in [0.29, 0.717) is 0 Å². The number of nitrogens with zero attached hydrogens (tertiary/aromatic N) is 5. The monoisotopic (exact) mass is 324 g/mol. The Bertz CT molecular complexity index is 792. The number of rotatable bonds is 3. The molecule has 8 nitrogen and oxygen atoms in total. The van der Waals surface area contributed by atoms with Crippen molar-refractivity contribution in [2.75, 3.05) is 24.2 Å². The minimum Gasteiger partial charge on any atom is -0.368 e. The zero-order valence-corrected chi connectivity index (χ0v) is 13.8. The first kappa shape index (κ1) is 15.2. The highest BCUT2D eigenvalue weighted by Crippen LogP contribution is 2.28. The van der Waals surface area contributed by atoms with Crippen LogP contribution in [0.25, 0.3) is 5.65 Å². The van der Waals surface area contributed by atoms with Crippen LogP contribution < -0.4 is 9.62 Å². The average Bonchev–Trinajstić information content (AvgIpc) is 2.87. The maximum absolute atomic E-state index is 11.3. The van der Waals surface area contributed by atoms with Crippen LogP contribution in [0.3, 0.4) is 0 Å². The van der Waals surface area contributed by atoms with Gasteiger partial charge in [0.2, 0.25) is 15.7 Å². The largest absolute Gasteiger partial charge is 0.368 e. The molecule has 1 saturated heterocycles. The van der Waals surface area contributed by atoms with E-state index in [0.717, 1.165) is 48.5 Å². The number of nitrogens with one attached hydrogen (secondary N) is 1. The molecule has 0 radical (unpaired) electrons. The number of hydrogen-bond donors (Lipinski definition) is 1. The lowest BCUT2D eigenvalue weighted by Gasteiger charge is -2.34. The topological polar surface area (TPSA) is 92.5 Å². The lowest BCUT2D eigenvalue weighted by atomic mass is 10.0. The van der Waals surface area contributed by atoms with Crippen LogP contribution in [0.5, 0.6) is 0 Å². The predicted octanol–water partition coefficient (Wildman–Crippen LogP) is 0.259. The molecule has 1 N–H and O–H groups in total. The average molecular weight is 324 g/mol. The van der Waals surface area contributed by atoms with Crippen molar-refractivity contribution in [3.05, 3.63) is 17.6 Å². The summed E-state index contributed by atoms with van der Waals surface area (Å²) in [5.74, 6) is 0. The van der Waals surface area contributed by atoms with Crippen molar-refractivity contribution in [3.8, 4) is 0 Å². The fourth-order valence-corrected chi connectivity index (χ4v) is 3.78. The summed E-state index contributed by atoms with van der Waals surface area (Å²) >= 11 is 0. The Morgan fingerprint density at radius 2 is 1.95 bits per heavy atom. The van der Waals surface area contributed by atoms with Crippen LogP contribution in [-0.2, 0) is 10.0 Å². The second-order valence-electron chi connectivity index (χ2n) is 5.81. The van der Waals surface area contributed by atoms with Crippen LogP contribution in [0.4, 0.5) is 5.69 Å². The van der Waals surface area contributed by atoms with Crippen molar-refractivity contribution in [3.63, 3.8) is 0 Å². The molecule has 0 amide bonds. The molecule has 0 aliphatic carbocycles. The molecule has 3 heterocycles. The number of aryl methyl sites for hydroxylation is 1. The minimum absolute atomic E-state index is 0.00313. The third-order valence-corrected chi connectivity index (χ3v) is 4.85. The highest BCUT2D eigenvalue weighted by molar-refractivity contribution is 7.88. The number of hydrogen-bond acceptors (Lipinski definition) is 6. The summed E-state index contributed by atoms with van der Waals surface area (Å²) in [6.07, 6.45) is 4.35. The number of anilines is 1. The molecule has 1 aliphatic rings. The first-order valence-electron chi connectivity index (χ1n) is 7.24. The Labute approximate surface area is 129 Å². The second kappa shape index (κ2) is 5.47. The minimum atomic E-state index is -3.15. The molecule has 1 aliphatic heterocycles. The molecular weight excluding hydrogens is 304 g/mol. The van der Waals surface area contributed by atoms with E-state index < -0.39 is 10.0 Å². The van der Waals surface area contributed by atoms with E-state index in [1.54, 1.807) is 10.8 Å². The molecule has 0 unspecified atom stereocenters. The smallest absolute Gasteiger partial charge is 0.208 e. The molecule has 22 heavy (non-hydrogen) atoms. The molecule has 9 heteroatoms. The number of fused-ring (bicyclic) bond motifs is 1. The van der Waals surface area contributed by atoms with Crippen molar-refractivity contribution in [1.29, 1.82) is 0 Å². The second-order valence-corrected chi connectivity index (χ2v) is 7.59. The predicted molar refractivity (Wildman–Crippen MR) is 83.5 cm³/mol. The fraction of sp³-hybridized carbons (Fsp3) is 0.615. The van der Waals surface area contributed by atoms with Gasteiger partial charge in [-0.15, -0.1) is 10.2 Å². The Hall–Kier alpha value is -1.74. The number of aromatic nitrogens is 4. The Morgan fingerprint density at radius 3 is 2.59 bits per heavy atom. The Morgan fingerprint density at radius 1 is 1.27 bits per heavy atom. The van der Waals surface area contributed by atoms with Gasteiger partial charge in [-0.2, -0.15) is 9.61 Å². The van der Waals surface area contributed by atoms with Crippen molar-refractivity contribution in [1.82, 2.24) is 24.5 Å². The summed E-state index contributed by atoms with van der Waals surface area (Å²) in [7, 11) is -3.15. The van der Waals surface area contributed by atoms with E-state index in [1.807, 2.05) is 13.8 Å². The third kappa shape index (κ3) is 2.91. The maximum Gasteiger partial charge on any atom is 0.208 e. The van der Waals surface area contributed by atoms with Gasteiger partial charge in [-0.25, -0.2) is 13.1 Å². The van der Waals surface area contributed by atoms with Crippen LogP contribution in [-0.4, -0.2) is 53.6 Å². The van der Waals surface area contributed by atoms with Crippen LogP contribution in [0.15, 0.2) is 6.33 Å². The highest BCUT2D eigenvalue weighted by Gasteiger charge is 2.25. The summed E-state index contributed by atoms with van der Waals surface area (Å²) in [5, 5.41) is 12.5. The molecule has 3 rings (SSSR count). The summed E-state index contributed by atoms with van der Waals surface area (Å²) < 4.78 is 27.1. The third-order valence-electron chi connectivity index (χ3n) is 4.09. The Kier molecular flexibility index (Phi) is 3.77. The van der Waals surface area contributed by atoms with E-state index >= 15 is 0 Å². The lowest BCUT2D eigenvalue weighted by Crippen LogP contribution is -2.44. The number of sulfonamides is 1. The van der Waals surface area contributed by atoms with Gasteiger partial charge in [-0.05, 0) is 32.3 Å². The standard InChI is InChI=1S/C13H20N6O2S/c1-9-10(2)16-19-8-14-15-13(19)12(9)18-6-4-11(5-7-18)17-22(3,20)21/h8,11,17H,4-7H2,1-3H3. The van der Waals surface area contributed by atoms with Crippen molar-refractivity contribution >= 4 is 21.4 Å². The van der Waals surface area contributed by atoms with Gasteiger partial charge in [0.25, 0.3) is 0 Å². The summed E-state index contributed by atoms with van der Waals surface area (Å²) in [5.41, 5.74) is 3.83. The van der Waals surface area contributed by atoms with E-state index in [9.17, 15) is 8.42 Å². The zero-order chi connectivity index (χ0) is 15.9. The normalized spacial score (nSPS) is 17.3. The van der Waals surface area contributed by atoms with E-state index in [4.69, 9.17) is 0 Å². The highest BCUT2D eigenvalue weighted by atomic mass is 32.2. The van der Waals surface area contributed by atoms with Gasteiger partial charge in [-0.3, -0.25) is 0 Å². The quantitative estimate of drug-likeness (QED) is 0.870. The van der Waals surface area contributed by atoms with Crippen LogP contribution in [0, 0.1) is 13.8 Å². The molecule has 0 saturated carbocycles. The molecule has 2 aromatic heterocycles. The SMILES string of the molecule is Cc1nn2cnnc2c(N2CCC(NS(C)(=O)=O)CC2)c1C. The van der Waals surface area contributed by atoms with Crippen molar-refractivity contribution < 1.29 is 8.42 Å². The molecular formula is C13H20N6O2S. The summed E-state index contributed by atoms with van der Waals surface area (Å²) in [6.45, 7) is 5.56. The molecule has 0 spiro atoms. The van der Waals surface area contributed by atoms with Crippen LogP contribution in [0.1, 0.15) is 24.1 Å². The van der Waals surface area contributed by atoms with Crippen LogP contribution >= 0.6 is 0 Å². The van der Waals surface area contributed by atoms with Gasteiger partial charge in [0.15, 0.2) is 0 Å². The molecule has 0 atom stereocenters. The van der Waals surface area contributed by atoms with Crippen molar-refractivity contribution in [2.45, 2.75) is 32.7 Å². The number of piperidine rings is 1. The van der Waals surface area contributed by atoms with Gasteiger partial charge >= 0.3 is 0 Å². The molecule has 120 valence electrons. The molecule has 0 aromatic carbocycles. The molecule has 0 bridgehead atoms. The first-order valence-corrected chi connectivity index (χ1v) is 9.14. The lowest BCUT2D eigenvalue weighted by molar-refractivity contribution is 0.461. The van der Waals surface area contributed by atoms with Gasteiger partial charge in [0.1, 0.15) is 6.33 Å². The fourth-order valence-electron chi connectivity index (χ4n) is 2.94. The molecule has 1 fully saturated rings. The molecule has 2 aromatic rings. The zero-order valence-electron chi connectivity index (χ0n) is 12.9. The summed E-state index contributed by atoms with van der Waals surface area (Å²) in [6, 6.07) is 0.00313. The van der Waals surface area contributed by atoms with Crippen LogP contribution in [0.2, 0.25) is 0 Å². The van der Waals surface area contributed by atoms with Gasteiger partial charge in [-0.1, -0.05) is 0 Å². The van der Waals surface area contributed by atoms with E-state index in [-0.39, 0.29) is 6.04 Å². The van der Waals surface area contributed by atoms with E-state index in [1.165, 1.54) is 6.26 Å². The first-order chi connectivity index (χ1) is 10.3. The van der Waals surface area contributed by atoms with Gasteiger partial charge in [0, 0.05) is 19.1 Å². The maximum atomic E-state index is 11.3. The van der Waals surface area contributed by atoms with Crippen molar-refractivity contribution in [2.24, 2.45) is 0 Å².